The molecule has 0 radical (unpaired) electrons. The monoisotopic (exact) mass is 351 g/mol. The third-order valence-corrected chi connectivity index (χ3v) is 4.63. The minimum absolute atomic E-state index is 0.0285. The molecular formula is C19H17N3O4. The Labute approximate surface area is 148 Å². The summed E-state index contributed by atoms with van der Waals surface area (Å²) in [4.78, 5) is 42.3. The number of amides is 1. The molecule has 0 aliphatic carbocycles. The van der Waals surface area contributed by atoms with Gasteiger partial charge in [0, 0.05) is 40.5 Å². The van der Waals surface area contributed by atoms with Crippen molar-refractivity contribution >= 4 is 33.2 Å². The van der Waals surface area contributed by atoms with Crippen LogP contribution in [0.4, 0.5) is 0 Å². The number of nitrogens with one attached hydrogen (secondary N) is 2. The molecule has 3 heterocycles. The second-order valence-corrected chi connectivity index (χ2v) is 6.44. The fourth-order valence-electron chi connectivity index (χ4n) is 3.29. The summed E-state index contributed by atoms with van der Waals surface area (Å²) >= 11 is 0. The van der Waals surface area contributed by atoms with E-state index in [1.54, 1.807) is 24.4 Å². The highest BCUT2D eigenvalue weighted by Gasteiger charge is 2.21. The number of pyridine rings is 2. The number of ether oxygens (including phenoxy) is 1. The van der Waals surface area contributed by atoms with Crippen molar-refractivity contribution in [2.75, 3.05) is 6.61 Å². The van der Waals surface area contributed by atoms with E-state index in [0.29, 0.717) is 35.2 Å². The minimum Gasteiger partial charge on any atom is -0.475 e. The van der Waals surface area contributed by atoms with Crippen LogP contribution in [0.5, 0.6) is 5.88 Å². The van der Waals surface area contributed by atoms with Gasteiger partial charge in [-0.1, -0.05) is 0 Å². The third kappa shape index (κ3) is 2.81. The van der Waals surface area contributed by atoms with Gasteiger partial charge >= 0.3 is 0 Å². The van der Waals surface area contributed by atoms with Crippen molar-refractivity contribution in [3.8, 4) is 5.88 Å². The average molecular weight is 351 g/mol. The second kappa shape index (κ2) is 6.25. The van der Waals surface area contributed by atoms with Crippen LogP contribution in [0.2, 0.25) is 0 Å². The summed E-state index contributed by atoms with van der Waals surface area (Å²) in [5.74, 6) is 0.312. The van der Waals surface area contributed by atoms with Gasteiger partial charge in [-0.25, -0.2) is 4.98 Å². The zero-order valence-electron chi connectivity index (χ0n) is 14.2. The predicted molar refractivity (Wildman–Crippen MR) is 96.5 cm³/mol. The number of hydrogen-bond acceptors (Lipinski definition) is 5. The van der Waals surface area contributed by atoms with Crippen molar-refractivity contribution in [1.82, 2.24) is 15.3 Å². The van der Waals surface area contributed by atoms with E-state index in [4.69, 9.17) is 4.74 Å². The van der Waals surface area contributed by atoms with Crippen molar-refractivity contribution in [2.45, 2.75) is 25.8 Å². The smallest absolute Gasteiger partial charge is 0.255 e. The van der Waals surface area contributed by atoms with Crippen molar-refractivity contribution in [3.05, 3.63) is 46.5 Å². The Hall–Kier alpha value is -3.22. The Kier molecular flexibility index (Phi) is 3.91. The maximum absolute atomic E-state index is 12.2. The quantitative estimate of drug-likeness (QED) is 0.552. The standard InChI is InChI=1S/C19H17N3O4/c1-10(23)16-8-21-18(25)15-6-11-4-5-20-19(13(11)7-14(15)16)26-9-12-2-3-17(24)22-12/h4-8,12H,2-3,9H2,1H3,(H,21,25)(H,22,24). The van der Waals surface area contributed by atoms with Gasteiger partial charge < -0.3 is 15.0 Å². The molecule has 7 nitrogen and oxygen atoms in total. The maximum Gasteiger partial charge on any atom is 0.255 e. The maximum atomic E-state index is 12.2. The van der Waals surface area contributed by atoms with E-state index in [-0.39, 0.29) is 23.3 Å². The lowest BCUT2D eigenvalue weighted by Gasteiger charge is -2.13. The van der Waals surface area contributed by atoms with E-state index in [9.17, 15) is 14.4 Å². The largest absolute Gasteiger partial charge is 0.475 e. The molecule has 1 fully saturated rings. The van der Waals surface area contributed by atoms with Crippen LogP contribution in [0.25, 0.3) is 21.5 Å². The highest BCUT2D eigenvalue weighted by Crippen LogP contribution is 2.29. The van der Waals surface area contributed by atoms with Crippen LogP contribution < -0.4 is 15.6 Å². The number of carbonyl (C=O) groups is 2. The van der Waals surface area contributed by atoms with Gasteiger partial charge in [-0.3, -0.25) is 14.4 Å². The highest BCUT2D eigenvalue weighted by atomic mass is 16.5. The van der Waals surface area contributed by atoms with E-state index in [1.807, 2.05) is 0 Å². The van der Waals surface area contributed by atoms with Crippen LogP contribution in [-0.2, 0) is 4.79 Å². The molecular weight excluding hydrogens is 334 g/mol. The molecule has 1 amide bonds. The molecule has 1 aromatic carbocycles. The number of carbonyl (C=O) groups excluding carboxylic acids is 2. The van der Waals surface area contributed by atoms with Crippen molar-refractivity contribution in [3.63, 3.8) is 0 Å². The number of aromatic amines is 1. The van der Waals surface area contributed by atoms with Crippen LogP contribution in [0, 0.1) is 0 Å². The zero-order valence-corrected chi connectivity index (χ0v) is 14.2. The molecule has 1 aliphatic heterocycles. The Balaban J connectivity index is 1.80. The van der Waals surface area contributed by atoms with E-state index < -0.39 is 0 Å². The van der Waals surface area contributed by atoms with E-state index in [0.717, 1.165) is 17.2 Å². The molecule has 0 spiro atoms. The number of Topliss-reactive ketones (excluding diaryl/α,β-unsaturated/α-hetero) is 1. The molecule has 1 atom stereocenters. The van der Waals surface area contributed by atoms with Gasteiger partial charge in [0.15, 0.2) is 5.78 Å². The SMILES string of the molecule is CC(=O)c1c[nH]c(=O)c2cc3ccnc(OCC4CCC(=O)N4)c3cc12. The lowest BCUT2D eigenvalue weighted by molar-refractivity contribution is -0.119. The molecule has 0 saturated carbocycles. The summed E-state index contributed by atoms with van der Waals surface area (Å²) in [5.41, 5.74) is 0.194. The Morgan fingerprint density at radius 2 is 2.12 bits per heavy atom. The lowest BCUT2D eigenvalue weighted by Crippen LogP contribution is -2.31. The van der Waals surface area contributed by atoms with Crippen molar-refractivity contribution in [2.24, 2.45) is 0 Å². The molecule has 2 N–H and O–H groups in total. The molecule has 1 aliphatic rings. The number of hydrogen-bond donors (Lipinski definition) is 2. The highest BCUT2D eigenvalue weighted by molar-refractivity contribution is 6.10. The number of H-pyrrole nitrogens is 1. The number of nitrogens with zero attached hydrogens (tertiary/aromatic N) is 1. The number of ketones is 1. The fourth-order valence-corrected chi connectivity index (χ4v) is 3.29. The summed E-state index contributed by atoms with van der Waals surface area (Å²) in [5, 5.41) is 5.39. The first-order chi connectivity index (χ1) is 12.5. The Morgan fingerprint density at radius 3 is 2.85 bits per heavy atom. The van der Waals surface area contributed by atoms with Gasteiger partial charge in [-0.2, -0.15) is 0 Å². The average Bonchev–Trinajstić information content (AvgIpc) is 3.04. The van der Waals surface area contributed by atoms with Crippen LogP contribution in [0.15, 0.2) is 35.4 Å². The minimum atomic E-state index is -0.250. The van der Waals surface area contributed by atoms with E-state index >= 15 is 0 Å². The molecule has 1 saturated heterocycles. The van der Waals surface area contributed by atoms with Crippen LogP contribution in [0.1, 0.15) is 30.1 Å². The van der Waals surface area contributed by atoms with Gasteiger partial charge in [0.05, 0.1) is 6.04 Å². The normalized spacial score (nSPS) is 16.8. The van der Waals surface area contributed by atoms with Crippen LogP contribution in [-0.4, -0.2) is 34.3 Å². The van der Waals surface area contributed by atoms with Crippen LogP contribution in [0.3, 0.4) is 0 Å². The molecule has 2 aromatic heterocycles. The van der Waals surface area contributed by atoms with Crippen molar-refractivity contribution in [1.29, 1.82) is 0 Å². The molecule has 0 bridgehead atoms. The molecule has 132 valence electrons. The van der Waals surface area contributed by atoms with Gasteiger partial charge in [-0.05, 0) is 36.9 Å². The number of benzene rings is 1. The Morgan fingerprint density at radius 1 is 1.27 bits per heavy atom. The number of aromatic nitrogens is 2. The summed E-state index contributed by atoms with van der Waals surface area (Å²) in [6, 6.07) is 5.27. The lowest BCUT2D eigenvalue weighted by atomic mass is 10.0. The van der Waals surface area contributed by atoms with Gasteiger partial charge in [-0.15, -0.1) is 0 Å². The van der Waals surface area contributed by atoms with Gasteiger partial charge in [0.25, 0.3) is 5.56 Å². The van der Waals surface area contributed by atoms with E-state index in [2.05, 4.69) is 15.3 Å². The first-order valence-corrected chi connectivity index (χ1v) is 8.40. The first kappa shape index (κ1) is 16.3. The molecule has 7 heteroatoms. The van der Waals surface area contributed by atoms with Gasteiger partial charge in [0.1, 0.15) is 6.61 Å². The van der Waals surface area contributed by atoms with Gasteiger partial charge in [0.2, 0.25) is 11.8 Å². The third-order valence-electron chi connectivity index (χ3n) is 4.63. The second-order valence-electron chi connectivity index (χ2n) is 6.44. The summed E-state index contributed by atoms with van der Waals surface area (Å²) in [6.45, 7) is 1.78. The topological polar surface area (TPSA) is 101 Å². The Bertz CT molecular complexity index is 1100. The summed E-state index contributed by atoms with van der Waals surface area (Å²) in [7, 11) is 0. The van der Waals surface area contributed by atoms with Crippen molar-refractivity contribution < 1.29 is 14.3 Å². The molecule has 1 unspecified atom stereocenters. The molecule has 26 heavy (non-hydrogen) atoms. The zero-order chi connectivity index (χ0) is 18.3. The molecule has 3 aromatic rings. The number of rotatable bonds is 4. The number of fused-ring (bicyclic) bond motifs is 2. The predicted octanol–water partition coefficient (Wildman–Crippen LogP) is 1.94. The fraction of sp³-hybridized carbons (Fsp3) is 0.263. The van der Waals surface area contributed by atoms with Crippen LogP contribution >= 0.6 is 0 Å². The summed E-state index contributed by atoms with van der Waals surface area (Å²) in [6.07, 6.45) is 4.28. The summed E-state index contributed by atoms with van der Waals surface area (Å²) < 4.78 is 5.83. The van der Waals surface area contributed by atoms with E-state index in [1.165, 1.54) is 13.1 Å². The molecule has 4 rings (SSSR count). The first-order valence-electron chi connectivity index (χ1n) is 8.40.